The van der Waals surface area contributed by atoms with Crippen LogP contribution in [0.4, 0.5) is 4.79 Å². The molecule has 0 aromatic rings. The van der Waals surface area contributed by atoms with Gasteiger partial charge in [-0.05, 0) is 19.8 Å². The number of carbonyl (C=O) groups excluding carboxylic acids is 1. The first-order valence-electron chi connectivity index (χ1n) is 5.65. The standard InChI is InChI=1S/C10H18N2O5S/c1-7(6-18(2,16)17)11-10(15)12(5-9(13)14)8-3-4-8/h7-8H,3-6H2,1-2H3,(H,11,15)(H,13,14). The van der Waals surface area contributed by atoms with E-state index in [0.717, 1.165) is 19.1 Å². The number of hydrogen-bond acceptors (Lipinski definition) is 4. The monoisotopic (exact) mass is 278 g/mol. The van der Waals surface area contributed by atoms with Gasteiger partial charge in [0.2, 0.25) is 0 Å². The van der Waals surface area contributed by atoms with E-state index in [1.165, 1.54) is 4.90 Å². The maximum atomic E-state index is 11.8. The molecular weight excluding hydrogens is 260 g/mol. The van der Waals surface area contributed by atoms with Crippen molar-refractivity contribution in [3.8, 4) is 0 Å². The van der Waals surface area contributed by atoms with Gasteiger partial charge in [-0.1, -0.05) is 0 Å². The number of urea groups is 1. The molecule has 1 saturated carbocycles. The minimum absolute atomic E-state index is 0.0356. The quantitative estimate of drug-likeness (QED) is 0.693. The van der Waals surface area contributed by atoms with Gasteiger partial charge in [0.1, 0.15) is 16.4 Å². The van der Waals surface area contributed by atoms with Gasteiger partial charge in [-0.3, -0.25) is 4.79 Å². The van der Waals surface area contributed by atoms with Crippen LogP contribution in [0.15, 0.2) is 0 Å². The van der Waals surface area contributed by atoms with Crippen molar-refractivity contribution in [2.24, 2.45) is 0 Å². The predicted molar refractivity (Wildman–Crippen MR) is 65.1 cm³/mol. The van der Waals surface area contributed by atoms with Gasteiger partial charge < -0.3 is 15.3 Å². The molecule has 18 heavy (non-hydrogen) atoms. The summed E-state index contributed by atoms with van der Waals surface area (Å²) in [5, 5.41) is 11.2. The highest BCUT2D eigenvalue weighted by Gasteiger charge is 2.34. The summed E-state index contributed by atoms with van der Waals surface area (Å²) in [7, 11) is -3.17. The van der Waals surface area contributed by atoms with E-state index >= 15 is 0 Å². The Morgan fingerprint density at radius 1 is 1.44 bits per heavy atom. The molecular formula is C10H18N2O5S. The molecule has 7 nitrogen and oxygen atoms in total. The molecule has 1 aliphatic carbocycles. The topological polar surface area (TPSA) is 104 Å². The number of nitrogens with zero attached hydrogens (tertiary/aromatic N) is 1. The van der Waals surface area contributed by atoms with Gasteiger partial charge in [-0.15, -0.1) is 0 Å². The van der Waals surface area contributed by atoms with E-state index in [-0.39, 0.29) is 18.3 Å². The van der Waals surface area contributed by atoms with Gasteiger partial charge in [-0.25, -0.2) is 13.2 Å². The second-order valence-electron chi connectivity index (χ2n) is 4.70. The van der Waals surface area contributed by atoms with Crippen molar-refractivity contribution in [2.75, 3.05) is 18.6 Å². The fraction of sp³-hybridized carbons (Fsp3) is 0.800. The number of hydrogen-bond donors (Lipinski definition) is 2. The van der Waals surface area contributed by atoms with E-state index in [9.17, 15) is 18.0 Å². The zero-order chi connectivity index (χ0) is 13.9. The number of nitrogens with one attached hydrogen (secondary N) is 1. The highest BCUT2D eigenvalue weighted by molar-refractivity contribution is 7.90. The van der Waals surface area contributed by atoms with Crippen LogP contribution in [0, 0.1) is 0 Å². The summed E-state index contributed by atoms with van der Waals surface area (Å²) in [6.07, 6.45) is 2.67. The van der Waals surface area contributed by atoms with Gasteiger partial charge in [-0.2, -0.15) is 0 Å². The molecule has 8 heteroatoms. The highest BCUT2D eigenvalue weighted by atomic mass is 32.2. The summed E-state index contributed by atoms with van der Waals surface area (Å²) in [6.45, 7) is 1.22. The number of carboxylic acids is 1. The Kier molecular flexibility index (Phi) is 4.55. The van der Waals surface area contributed by atoms with Crippen molar-refractivity contribution < 1.29 is 23.1 Å². The number of carbonyl (C=O) groups is 2. The van der Waals surface area contributed by atoms with Gasteiger partial charge in [0, 0.05) is 18.3 Å². The van der Waals surface area contributed by atoms with Gasteiger partial charge in [0.25, 0.3) is 0 Å². The lowest BCUT2D eigenvalue weighted by Crippen LogP contribution is -2.48. The number of aliphatic carboxylic acids is 1. The fourth-order valence-corrected chi connectivity index (χ4v) is 2.68. The Balaban J connectivity index is 2.53. The van der Waals surface area contributed by atoms with Crippen molar-refractivity contribution in [2.45, 2.75) is 31.8 Å². The first-order chi connectivity index (χ1) is 8.19. The van der Waals surface area contributed by atoms with E-state index in [0.29, 0.717) is 0 Å². The summed E-state index contributed by atoms with van der Waals surface area (Å²) >= 11 is 0. The number of carboxylic acid groups (broad SMARTS) is 1. The third kappa shape index (κ3) is 5.35. The van der Waals surface area contributed by atoms with Gasteiger partial charge in [0.05, 0.1) is 5.75 Å². The molecule has 1 aliphatic rings. The zero-order valence-electron chi connectivity index (χ0n) is 10.4. The molecule has 0 saturated heterocycles. The molecule has 2 N–H and O–H groups in total. The smallest absolute Gasteiger partial charge is 0.323 e. The minimum atomic E-state index is -3.17. The molecule has 2 amide bonds. The fourth-order valence-electron chi connectivity index (χ4n) is 1.69. The molecule has 1 fully saturated rings. The molecule has 0 spiro atoms. The summed E-state index contributed by atoms with van der Waals surface area (Å²) < 4.78 is 22.1. The first kappa shape index (κ1) is 14.7. The highest BCUT2D eigenvalue weighted by Crippen LogP contribution is 2.26. The summed E-state index contributed by atoms with van der Waals surface area (Å²) in [5.74, 6) is -1.24. The lowest BCUT2D eigenvalue weighted by atomic mass is 10.4. The van der Waals surface area contributed by atoms with E-state index < -0.39 is 27.9 Å². The Morgan fingerprint density at radius 2 is 2.00 bits per heavy atom. The average Bonchev–Trinajstić information content (AvgIpc) is 2.92. The van der Waals surface area contributed by atoms with Crippen molar-refractivity contribution in [3.63, 3.8) is 0 Å². The maximum absolute atomic E-state index is 11.8. The van der Waals surface area contributed by atoms with Crippen molar-refractivity contribution >= 4 is 21.8 Å². The molecule has 104 valence electrons. The Hall–Kier alpha value is -1.31. The van der Waals surface area contributed by atoms with Crippen LogP contribution in [0.1, 0.15) is 19.8 Å². The Labute approximate surface area is 106 Å². The lowest BCUT2D eigenvalue weighted by molar-refractivity contribution is -0.137. The largest absolute Gasteiger partial charge is 0.480 e. The predicted octanol–water partition coefficient (Wildman–Crippen LogP) is -0.322. The van der Waals surface area contributed by atoms with Crippen LogP contribution in [0.3, 0.4) is 0 Å². The van der Waals surface area contributed by atoms with Crippen molar-refractivity contribution in [1.29, 1.82) is 0 Å². The lowest BCUT2D eigenvalue weighted by Gasteiger charge is -2.23. The second kappa shape index (κ2) is 5.55. The zero-order valence-corrected chi connectivity index (χ0v) is 11.2. The van der Waals surface area contributed by atoms with Crippen molar-refractivity contribution in [1.82, 2.24) is 10.2 Å². The summed E-state index contributed by atoms with van der Waals surface area (Å²) in [4.78, 5) is 23.7. The van der Waals surface area contributed by atoms with Crippen LogP contribution in [0.5, 0.6) is 0 Å². The third-order valence-corrected chi connectivity index (χ3v) is 3.58. The van der Waals surface area contributed by atoms with Crippen LogP contribution in [0.25, 0.3) is 0 Å². The van der Waals surface area contributed by atoms with Crippen LogP contribution >= 0.6 is 0 Å². The maximum Gasteiger partial charge on any atom is 0.323 e. The average molecular weight is 278 g/mol. The molecule has 1 unspecified atom stereocenters. The molecule has 0 aromatic carbocycles. The summed E-state index contributed by atoms with van der Waals surface area (Å²) in [5.41, 5.74) is 0. The van der Waals surface area contributed by atoms with Crippen LogP contribution < -0.4 is 5.32 Å². The van der Waals surface area contributed by atoms with E-state index in [1.54, 1.807) is 6.92 Å². The molecule has 0 bridgehead atoms. The number of rotatable bonds is 6. The number of sulfone groups is 1. The minimum Gasteiger partial charge on any atom is -0.480 e. The molecule has 1 rings (SSSR count). The van der Waals surface area contributed by atoms with Crippen molar-refractivity contribution in [3.05, 3.63) is 0 Å². The first-order valence-corrected chi connectivity index (χ1v) is 7.71. The van der Waals surface area contributed by atoms with Crippen LogP contribution in [0.2, 0.25) is 0 Å². The normalized spacial score (nSPS) is 17.0. The Bertz CT molecular complexity index is 430. The molecule has 0 radical (unpaired) electrons. The molecule has 0 aliphatic heterocycles. The number of amides is 2. The van der Waals surface area contributed by atoms with Gasteiger partial charge >= 0.3 is 12.0 Å². The molecule has 0 heterocycles. The summed E-state index contributed by atoms with van der Waals surface area (Å²) in [6, 6.07) is -1.09. The van der Waals surface area contributed by atoms with Gasteiger partial charge in [0.15, 0.2) is 0 Å². The van der Waals surface area contributed by atoms with Crippen LogP contribution in [-0.2, 0) is 14.6 Å². The Morgan fingerprint density at radius 3 is 2.39 bits per heavy atom. The molecule has 0 aromatic heterocycles. The van der Waals surface area contributed by atoms with Crippen LogP contribution in [-0.4, -0.2) is 61.1 Å². The third-order valence-electron chi connectivity index (χ3n) is 2.48. The second-order valence-corrected chi connectivity index (χ2v) is 6.88. The van der Waals surface area contributed by atoms with E-state index in [2.05, 4.69) is 5.32 Å². The van der Waals surface area contributed by atoms with E-state index in [4.69, 9.17) is 5.11 Å². The SMILES string of the molecule is CC(CS(C)(=O)=O)NC(=O)N(CC(=O)O)C1CC1. The molecule has 1 atom stereocenters. The van der Waals surface area contributed by atoms with E-state index in [1.807, 2.05) is 0 Å².